The van der Waals surface area contributed by atoms with Crippen molar-refractivity contribution in [1.82, 2.24) is 19.6 Å². The lowest BCUT2D eigenvalue weighted by Crippen LogP contribution is -2.53. The first-order valence-electron chi connectivity index (χ1n) is 12.0. The number of nitrogens with zero attached hydrogens (tertiary/aromatic N) is 4. The predicted molar refractivity (Wildman–Crippen MR) is 124 cm³/mol. The van der Waals surface area contributed by atoms with Crippen molar-refractivity contribution < 1.29 is 32.6 Å². The largest absolute Gasteiger partial charge is 0.471 e. The number of aromatic nitrogens is 2. The van der Waals surface area contributed by atoms with E-state index in [1.807, 2.05) is 30.3 Å². The molecule has 0 bridgehead atoms. The molecule has 0 spiro atoms. The molecule has 1 aromatic heterocycles. The number of piperidine rings is 1. The molecule has 1 aromatic carbocycles. The van der Waals surface area contributed by atoms with Gasteiger partial charge < -0.3 is 19.6 Å². The average Bonchev–Trinajstić information content (AvgIpc) is 3.52. The van der Waals surface area contributed by atoms with Crippen molar-refractivity contribution in [2.45, 2.75) is 43.9 Å². The lowest BCUT2D eigenvalue weighted by atomic mass is 9.78. The molecule has 11 heteroatoms. The second-order valence-corrected chi connectivity index (χ2v) is 9.69. The van der Waals surface area contributed by atoms with Gasteiger partial charge in [-0.2, -0.15) is 18.3 Å². The minimum Gasteiger partial charge on any atom is -0.394 e. The lowest BCUT2D eigenvalue weighted by molar-refractivity contribution is -0.188. The third kappa shape index (κ3) is 5.73. The number of halogens is 3. The predicted octanol–water partition coefficient (Wildman–Crippen LogP) is 2.69. The van der Waals surface area contributed by atoms with E-state index in [0.29, 0.717) is 37.9 Å². The quantitative estimate of drug-likeness (QED) is 0.563. The number of alkyl halides is 3. The Morgan fingerprint density at radius 2 is 1.92 bits per heavy atom. The van der Waals surface area contributed by atoms with Gasteiger partial charge >= 0.3 is 12.1 Å². The van der Waals surface area contributed by atoms with Crippen LogP contribution in [0, 0.1) is 5.41 Å². The van der Waals surface area contributed by atoms with Crippen molar-refractivity contribution >= 4 is 11.8 Å². The van der Waals surface area contributed by atoms with E-state index in [2.05, 4.69) is 5.10 Å². The summed E-state index contributed by atoms with van der Waals surface area (Å²) in [6.07, 6.45) is -0.671. The molecule has 8 nitrogen and oxygen atoms in total. The second kappa shape index (κ2) is 10.6. The van der Waals surface area contributed by atoms with E-state index in [1.165, 1.54) is 18.0 Å². The number of ether oxygens (including phenoxy) is 1. The maximum absolute atomic E-state index is 13.6. The summed E-state index contributed by atoms with van der Waals surface area (Å²) in [6, 6.07) is 8.75. The Kier molecular flexibility index (Phi) is 7.70. The maximum Gasteiger partial charge on any atom is 0.471 e. The van der Waals surface area contributed by atoms with Gasteiger partial charge in [0, 0.05) is 50.3 Å². The van der Waals surface area contributed by atoms with Gasteiger partial charge in [0.2, 0.25) is 0 Å². The number of methoxy groups -OCH3 is 1. The number of benzene rings is 1. The van der Waals surface area contributed by atoms with Crippen LogP contribution in [0.1, 0.15) is 41.1 Å². The van der Waals surface area contributed by atoms with Gasteiger partial charge in [0.1, 0.15) is 0 Å². The molecule has 1 aliphatic carbocycles. The lowest BCUT2D eigenvalue weighted by Gasteiger charge is -2.44. The first-order chi connectivity index (χ1) is 17.2. The first kappa shape index (κ1) is 26.2. The molecule has 2 amide bonds. The Morgan fingerprint density at radius 1 is 1.22 bits per heavy atom. The summed E-state index contributed by atoms with van der Waals surface area (Å²) < 4.78 is 47.7. The molecule has 1 saturated heterocycles. The molecule has 2 heterocycles. The average molecular weight is 509 g/mol. The van der Waals surface area contributed by atoms with Gasteiger partial charge in [-0.15, -0.1) is 0 Å². The van der Waals surface area contributed by atoms with Crippen LogP contribution < -0.4 is 0 Å². The molecule has 4 rings (SSSR count). The zero-order chi connectivity index (χ0) is 25.9. The van der Waals surface area contributed by atoms with E-state index in [0.717, 1.165) is 10.5 Å². The standard InChI is InChI=1S/C25H31F3N4O4/c1-36-17-24(7-9-30(10-8-24)22(34)19-14-29-31(15-19)11-12-33)16-32(23(35)25(26,27)28)21-13-20(21)18-5-3-2-4-6-18/h2-6,14-15,20-21,33H,7-13,16-17H2,1H3/t20-,21+/m0/s1. The topological polar surface area (TPSA) is 87.9 Å². The van der Waals surface area contributed by atoms with E-state index in [1.54, 1.807) is 11.1 Å². The van der Waals surface area contributed by atoms with Crippen LogP contribution in [0.4, 0.5) is 13.2 Å². The van der Waals surface area contributed by atoms with Crippen molar-refractivity contribution in [2.24, 2.45) is 5.41 Å². The van der Waals surface area contributed by atoms with Crippen LogP contribution in [-0.4, -0.2) is 88.7 Å². The molecule has 36 heavy (non-hydrogen) atoms. The maximum atomic E-state index is 13.6. The van der Waals surface area contributed by atoms with Crippen molar-refractivity contribution in [3.63, 3.8) is 0 Å². The molecule has 2 aliphatic rings. The van der Waals surface area contributed by atoms with Gasteiger partial charge in [0.15, 0.2) is 0 Å². The summed E-state index contributed by atoms with van der Waals surface area (Å²) in [5, 5.41) is 13.1. The fraction of sp³-hybridized carbons (Fsp3) is 0.560. The fourth-order valence-corrected chi connectivity index (χ4v) is 5.17. The summed E-state index contributed by atoms with van der Waals surface area (Å²) in [6.45, 7) is 0.941. The van der Waals surface area contributed by atoms with Crippen molar-refractivity contribution in [1.29, 1.82) is 0 Å². The highest BCUT2D eigenvalue weighted by molar-refractivity contribution is 5.93. The molecular weight excluding hydrogens is 477 g/mol. The van der Waals surface area contributed by atoms with E-state index in [-0.39, 0.29) is 38.1 Å². The van der Waals surface area contributed by atoms with Crippen LogP contribution in [0.3, 0.4) is 0 Å². The zero-order valence-electron chi connectivity index (χ0n) is 20.2. The molecule has 1 saturated carbocycles. The number of likely N-dealkylation sites (tertiary alicyclic amines) is 1. The molecule has 2 fully saturated rings. The monoisotopic (exact) mass is 508 g/mol. The summed E-state index contributed by atoms with van der Waals surface area (Å²) in [4.78, 5) is 28.1. The van der Waals surface area contributed by atoms with Crippen LogP contribution in [-0.2, 0) is 16.1 Å². The van der Waals surface area contributed by atoms with Crippen molar-refractivity contribution in [2.75, 3.05) is 40.0 Å². The first-order valence-corrected chi connectivity index (χ1v) is 12.0. The van der Waals surface area contributed by atoms with Crippen molar-refractivity contribution in [3.05, 3.63) is 53.9 Å². The van der Waals surface area contributed by atoms with Crippen LogP contribution in [0.5, 0.6) is 0 Å². The number of hydrogen-bond donors (Lipinski definition) is 1. The molecular formula is C25H31F3N4O4. The van der Waals surface area contributed by atoms with E-state index >= 15 is 0 Å². The van der Waals surface area contributed by atoms with Gasteiger partial charge in [-0.3, -0.25) is 14.3 Å². The number of aliphatic hydroxyl groups is 1. The molecule has 0 radical (unpaired) electrons. The Labute approximate surface area is 207 Å². The number of rotatable bonds is 9. The molecule has 1 N–H and O–H groups in total. The van der Waals surface area contributed by atoms with Gasteiger partial charge in [0.25, 0.3) is 5.91 Å². The van der Waals surface area contributed by atoms with Gasteiger partial charge in [-0.05, 0) is 24.8 Å². The van der Waals surface area contributed by atoms with Crippen molar-refractivity contribution in [3.8, 4) is 0 Å². The molecule has 1 aliphatic heterocycles. The SMILES string of the molecule is COCC1(CN(C(=O)C(F)(F)F)[C@@H]2C[C@H]2c2ccccc2)CCN(C(=O)c2cnn(CCO)c2)CC1. The van der Waals surface area contributed by atoms with E-state index < -0.39 is 23.5 Å². The summed E-state index contributed by atoms with van der Waals surface area (Å²) in [5.74, 6) is -2.18. The van der Waals surface area contributed by atoms with Crippen LogP contribution in [0.25, 0.3) is 0 Å². The van der Waals surface area contributed by atoms with Crippen LogP contribution in [0.2, 0.25) is 0 Å². The Morgan fingerprint density at radius 3 is 2.53 bits per heavy atom. The second-order valence-electron chi connectivity index (χ2n) is 9.69. The van der Waals surface area contributed by atoms with Gasteiger partial charge in [-0.25, -0.2) is 0 Å². The minimum atomic E-state index is -4.97. The molecule has 196 valence electrons. The normalized spacial score (nSPS) is 21.3. The number of hydrogen-bond acceptors (Lipinski definition) is 5. The highest BCUT2D eigenvalue weighted by Crippen LogP contribution is 2.47. The Bertz CT molecular complexity index is 1050. The fourth-order valence-electron chi connectivity index (χ4n) is 5.17. The summed E-state index contributed by atoms with van der Waals surface area (Å²) in [7, 11) is 1.49. The van der Waals surface area contributed by atoms with Crippen LogP contribution in [0.15, 0.2) is 42.7 Å². The number of carbonyl (C=O) groups is 2. The number of carbonyl (C=O) groups excluding carboxylic acids is 2. The zero-order valence-corrected chi connectivity index (χ0v) is 20.2. The smallest absolute Gasteiger partial charge is 0.394 e. The van der Waals surface area contributed by atoms with E-state index in [9.17, 15) is 22.8 Å². The minimum absolute atomic E-state index is 0.0797. The Hall–Kier alpha value is -2.92. The number of aliphatic hydroxyl groups excluding tert-OH is 1. The van der Waals surface area contributed by atoms with Gasteiger partial charge in [0.05, 0.1) is 31.5 Å². The van der Waals surface area contributed by atoms with Gasteiger partial charge in [-0.1, -0.05) is 30.3 Å². The molecule has 0 unspecified atom stereocenters. The van der Waals surface area contributed by atoms with Crippen LogP contribution >= 0.6 is 0 Å². The summed E-state index contributed by atoms with van der Waals surface area (Å²) in [5.41, 5.74) is 0.614. The molecule has 2 aromatic rings. The highest BCUT2D eigenvalue weighted by atomic mass is 19.4. The van der Waals surface area contributed by atoms with E-state index in [4.69, 9.17) is 9.84 Å². The number of amides is 2. The Balaban J connectivity index is 1.48. The summed E-state index contributed by atoms with van der Waals surface area (Å²) >= 11 is 0. The third-order valence-electron chi connectivity index (χ3n) is 7.17. The third-order valence-corrected chi connectivity index (χ3v) is 7.17. The highest BCUT2D eigenvalue weighted by Gasteiger charge is 2.54. The molecule has 2 atom stereocenters.